The number of hydrogen-bond donors (Lipinski definition) is 2. The Bertz CT molecular complexity index is 958. The first-order chi connectivity index (χ1) is 15.3. The van der Waals surface area contributed by atoms with E-state index in [1.807, 2.05) is 26.0 Å². The van der Waals surface area contributed by atoms with Crippen LogP contribution in [-0.2, 0) is 14.3 Å². The van der Waals surface area contributed by atoms with Crippen molar-refractivity contribution in [2.45, 2.75) is 33.6 Å². The molecule has 0 heterocycles. The van der Waals surface area contributed by atoms with Gasteiger partial charge >= 0.3 is 5.97 Å². The normalized spacial score (nSPS) is 10.2. The third-order valence-electron chi connectivity index (χ3n) is 4.81. The highest BCUT2D eigenvalue weighted by molar-refractivity contribution is 5.96. The van der Waals surface area contributed by atoms with Crippen molar-refractivity contribution in [1.82, 2.24) is 5.32 Å². The molecular formula is C24H30N2O6. The van der Waals surface area contributed by atoms with E-state index < -0.39 is 18.5 Å². The molecule has 2 aromatic rings. The van der Waals surface area contributed by atoms with E-state index in [2.05, 4.69) is 17.6 Å². The van der Waals surface area contributed by atoms with Gasteiger partial charge in [0.25, 0.3) is 5.91 Å². The smallest absolute Gasteiger partial charge is 0.338 e. The standard InChI is InChI=1S/C24H30N2O6/c1-5-6-12-31-20-11-10-18(13-21(20)30-4)24(29)32-15-23(28)25-14-22(27)26-19-9-7-8-16(2)17(19)3/h7-11,13H,5-6,12,14-15H2,1-4H3,(H,25,28)(H,26,27). The van der Waals surface area contributed by atoms with E-state index in [1.165, 1.54) is 13.2 Å². The number of carbonyl (C=O) groups excluding carboxylic acids is 3. The predicted octanol–water partition coefficient (Wildman–Crippen LogP) is 3.40. The molecule has 2 rings (SSSR count). The second kappa shape index (κ2) is 12.3. The lowest BCUT2D eigenvalue weighted by atomic mass is 10.1. The topological polar surface area (TPSA) is 103 Å². The van der Waals surface area contributed by atoms with Crippen LogP contribution in [0.3, 0.4) is 0 Å². The number of nitrogens with one attached hydrogen (secondary N) is 2. The van der Waals surface area contributed by atoms with Crippen molar-refractivity contribution in [1.29, 1.82) is 0 Å². The molecule has 8 heteroatoms. The molecule has 0 radical (unpaired) electrons. The van der Waals surface area contributed by atoms with Gasteiger partial charge in [-0.1, -0.05) is 25.5 Å². The fourth-order valence-corrected chi connectivity index (χ4v) is 2.77. The van der Waals surface area contributed by atoms with Gasteiger partial charge in [0.1, 0.15) is 0 Å². The zero-order chi connectivity index (χ0) is 23.5. The van der Waals surface area contributed by atoms with Crippen molar-refractivity contribution >= 4 is 23.5 Å². The Morgan fingerprint density at radius 1 is 1.00 bits per heavy atom. The molecule has 0 aliphatic heterocycles. The van der Waals surface area contributed by atoms with Crippen LogP contribution >= 0.6 is 0 Å². The minimum absolute atomic E-state index is 0.227. The van der Waals surface area contributed by atoms with Crippen LogP contribution < -0.4 is 20.1 Å². The van der Waals surface area contributed by atoms with Crippen LogP contribution in [0.15, 0.2) is 36.4 Å². The molecule has 0 aromatic heterocycles. The van der Waals surface area contributed by atoms with E-state index in [0.29, 0.717) is 23.8 Å². The highest BCUT2D eigenvalue weighted by Crippen LogP contribution is 2.28. The van der Waals surface area contributed by atoms with Crippen molar-refractivity contribution in [2.75, 3.05) is 32.2 Å². The third-order valence-corrected chi connectivity index (χ3v) is 4.81. The average molecular weight is 443 g/mol. The van der Waals surface area contributed by atoms with Gasteiger partial charge in [0.05, 0.1) is 25.8 Å². The molecule has 0 bridgehead atoms. The predicted molar refractivity (Wildman–Crippen MR) is 121 cm³/mol. The largest absolute Gasteiger partial charge is 0.493 e. The second-order valence-electron chi connectivity index (χ2n) is 7.22. The lowest BCUT2D eigenvalue weighted by Crippen LogP contribution is -2.35. The minimum atomic E-state index is -0.682. The number of esters is 1. The van der Waals surface area contributed by atoms with E-state index in [9.17, 15) is 14.4 Å². The summed E-state index contributed by atoms with van der Waals surface area (Å²) in [5.41, 5.74) is 2.92. The van der Waals surface area contributed by atoms with Gasteiger partial charge in [0.2, 0.25) is 5.91 Å². The van der Waals surface area contributed by atoms with E-state index in [0.717, 1.165) is 24.0 Å². The number of ether oxygens (including phenoxy) is 3. The maximum absolute atomic E-state index is 12.3. The molecule has 0 fully saturated rings. The molecule has 2 aromatic carbocycles. The van der Waals surface area contributed by atoms with Crippen molar-refractivity contribution in [3.05, 3.63) is 53.1 Å². The van der Waals surface area contributed by atoms with E-state index in [4.69, 9.17) is 14.2 Å². The molecular weight excluding hydrogens is 412 g/mol. The Labute approximate surface area is 188 Å². The molecule has 0 unspecified atom stereocenters. The van der Waals surface area contributed by atoms with Crippen LogP contribution in [0.5, 0.6) is 11.5 Å². The summed E-state index contributed by atoms with van der Waals surface area (Å²) in [5, 5.41) is 5.18. The number of benzene rings is 2. The van der Waals surface area contributed by atoms with Crippen molar-refractivity contribution in [3.8, 4) is 11.5 Å². The highest BCUT2D eigenvalue weighted by atomic mass is 16.5. The monoisotopic (exact) mass is 442 g/mol. The van der Waals surface area contributed by atoms with Gasteiger partial charge in [0, 0.05) is 5.69 Å². The number of rotatable bonds is 11. The van der Waals surface area contributed by atoms with Gasteiger partial charge < -0.3 is 24.8 Å². The molecule has 0 aliphatic rings. The molecule has 32 heavy (non-hydrogen) atoms. The van der Waals surface area contributed by atoms with Crippen molar-refractivity contribution in [2.24, 2.45) is 0 Å². The number of amides is 2. The Balaban J connectivity index is 1.81. The summed E-state index contributed by atoms with van der Waals surface area (Å²) in [5.74, 6) is -0.700. The Morgan fingerprint density at radius 3 is 2.50 bits per heavy atom. The van der Waals surface area contributed by atoms with Gasteiger partial charge in [-0.3, -0.25) is 9.59 Å². The van der Waals surface area contributed by atoms with Crippen LogP contribution in [0, 0.1) is 13.8 Å². The molecule has 8 nitrogen and oxygen atoms in total. The minimum Gasteiger partial charge on any atom is -0.493 e. The quantitative estimate of drug-likeness (QED) is 0.408. The number of carbonyl (C=O) groups is 3. The molecule has 0 spiro atoms. The van der Waals surface area contributed by atoms with Crippen molar-refractivity contribution < 1.29 is 28.6 Å². The molecule has 0 aliphatic carbocycles. The zero-order valence-corrected chi connectivity index (χ0v) is 18.9. The van der Waals surface area contributed by atoms with E-state index >= 15 is 0 Å². The number of methoxy groups -OCH3 is 1. The summed E-state index contributed by atoms with van der Waals surface area (Å²) in [6, 6.07) is 10.3. The van der Waals surface area contributed by atoms with Gasteiger partial charge in [-0.05, 0) is 55.7 Å². The number of hydrogen-bond acceptors (Lipinski definition) is 6. The molecule has 2 N–H and O–H groups in total. The Hall–Kier alpha value is -3.55. The number of unbranched alkanes of at least 4 members (excludes halogenated alkanes) is 1. The summed E-state index contributed by atoms with van der Waals surface area (Å²) in [7, 11) is 1.48. The van der Waals surface area contributed by atoms with Gasteiger partial charge in [-0.2, -0.15) is 0 Å². The summed E-state index contributed by atoms with van der Waals surface area (Å²) in [6.07, 6.45) is 1.91. The molecule has 172 valence electrons. The molecule has 0 saturated carbocycles. The maximum atomic E-state index is 12.3. The summed E-state index contributed by atoms with van der Waals surface area (Å²) in [4.78, 5) is 36.3. The highest BCUT2D eigenvalue weighted by Gasteiger charge is 2.15. The van der Waals surface area contributed by atoms with Gasteiger partial charge in [-0.15, -0.1) is 0 Å². The molecule has 0 atom stereocenters. The van der Waals surface area contributed by atoms with Crippen LogP contribution in [0.1, 0.15) is 41.3 Å². The van der Waals surface area contributed by atoms with E-state index in [1.54, 1.807) is 18.2 Å². The summed E-state index contributed by atoms with van der Waals surface area (Å²) < 4.78 is 15.9. The lowest BCUT2D eigenvalue weighted by Gasteiger charge is -2.12. The number of anilines is 1. The Kier molecular flexibility index (Phi) is 9.53. The maximum Gasteiger partial charge on any atom is 0.338 e. The van der Waals surface area contributed by atoms with Gasteiger partial charge in [-0.25, -0.2) is 4.79 Å². The third kappa shape index (κ3) is 7.30. The Morgan fingerprint density at radius 2 is 1.78 bits per heavy atom. The van der Waals surface area contributed by atoms with Crippen LogP contribution in [0.25, 0.3) is 0 Å². The fraction of sp³-hybridized carbons (Fsp3) is 0.375. The van der Waals surface area contributed by atoms with Gasteiger partial charge in [0.15, 0.2) is 18.1 Å². The van der Waals surface area contributed by atoms with Crippen molar-refractivity contribution in [3.63, 3.8) is 0 Å². The summed E-state index contributed by atoms with van der Waals surface area (Å²) >= 11 is 0. The average Bonchev–Trinajstić information content (AvgIpc) is 2.79. The summed E-state index contributed by atoms with van der Waals surface area (Å²) in [6.45, 7) is 5.72. The lowest BCUT2D eigenvalue weighted by molar-refractivity contribution is -0.126. The van der Waals surface area contributed by atoms with Crippen LogP contribution in [-0.4, -0.2) is 44.7 Å². The fourth-order valence-electron chi connectivity index (χ4n) is 2.77. The van der Waals surface area contributed by atoms with E-state index in [-0.39, 0.29) is 18.0 Å². The zero-order valence-electron chi connectivity index (χ0n) is 18.9. The second-order valence-corrected chi connectivity index (χ2v) is 7.22. The SMILES string of the molecule is CCCCOc1ccc(C(=O)OCC(=O)NCC(=O)Nc2cccc(C)c2C)cc1OC. The first kappa shape index (κ1) is 24.7. The van der Waals surface area contributed by atoms with Crippen LogP contribution in [0.2, 0.25) is 0 Å². The first-order valence-corrected chi connectivity index (χ1v) is 10.5. The molecule has 0 saturated heterocycles. The number of aryl methyl sites for hydroxylation is 1. The molecule has 2 amide bonds. The first-order valence-electron chi connectivity index (χ1n) is 10.5. The van der Waals surface area contributed by atoms with Crippen LogP contribution in [0.4, 0.5) is 5.69 Å².